The SMILES string of the molecule is CC(N)Cc1cccc(Br)c1OCc1ccn(C)n1. The molecule has 0 saturated heterocycles. The second-order valence-electron chi connectivity index (χ2n) is 4.68. The fraction of sp³-hybridized carbons (Fsp3) is 0.357. The average molecular weight is 324 g/mol. The van der Waals surface area contributed by atoms with Crippen molar-refractivity contribution < 1.29 is 4.74 Å². The van der Waals surface area contributed by atoms with Crippen molar-refractivity contribution in [1.29, 1.82) is 0 Å². The summed E-state index contributed by atoms with van der Waals surface area (Å²) in [5.41, 5.74) is 7.89. The van der Waals surface area contributed by atoms with Crippen molar-refractivity contribution in [2.24, 2.45) is 12.8 Å². The number of aryl methyl sites for hydroxylation is 1. The molecule has 1 atom stereocenters. The van der Waals surface area contributed by atoms with Crippen LogP contribution in [0, 0.1) is 0 Å². The number of benzene rings is 1. The highest BCUT2D eigenvalue weighted by Crippen LogP contribution is 2.30. The molecule has 0 aliphatic rings. The van der Waals surface area contributed by atoms with Crippen LogP contribution in [0.5, 0.6) is 5.75 Å². The molecule has 0 aliphatic heterocycles. The summed E-state index contributed by atoms with van der Waals surface area (Å²) in [5, 5.41) is 4.30. The summed E-state index contributed by atoms with van der Waals surface area (Å²) in [6.07, 6.45) is 2.69. The van der Waals surface area contributed by atoms with E-state index in [0.29, 0.717) is 6.61 Å². The topological polar surface area (TPSA) is 53.1 Å². The van der Waals surface area contributed by atoms with Crippen LogP contribution in [-0.4, -0.2) is 15.8 Å². The third kappa shape index (κ3) is 3.81. The maximum atomic E-state index is 5.89. The van der Waals surface area contributed by atoms with Gasteiger partial charge >= 0.3 is 0 Å². The molecule has 4 nitrogen and oxygen atoms in total. The van der Waals surface area contributed by atoms with Crippen molar-refractivity contribution in [2.45, 2.75) is 26.0 Å². The minimum Gasteiger partial charge on any atom is -0.486 e. The van der Waals surface area contributed by atoms with Gasteiger partial charge in [0.25, 0.3) is 0 Å². The monoisotopic (exact) mass is 323 g/mol. The maximum Gasteiger partial charge on any atom is 0.137 e. The summed E-state index contributed by atoms with van der Waals surface area (Å²) in [7, 11) is 1.89. The van der Waals surface area contributed by atoms with Gasteiger partial charge in [-0.25, -0.2) is 0 Å². The molecule has 0 bridgehead atoms. The molecule has 1 unspecified atom stereocenters. The number of rotatable bonds is 5. The third-order valence-corrected chi connectivity index (χ3v) is 3.35. The van der Waals surface area contributed by atoms with Crippen LogP contribution >= 0.6 is 15.9 Å². The van der Waals surface area contributed by atoms with E-state index >= 15 is 0 Å². The van der Waals surface area contributed by atoms with Gasteiger partial charge in [-0.15, -0.1) is 0 Å². The molecule has 0 aliphatic carbocycles. The summed E-state index contributed by atoms with van der Waals surface area (Å²) >= 11 is 3.52. The van der Waals surface area contributed by atoms with Gasteiger partial charge in [0.05, 0.1) is 10.2 Å². The van der Waals surface area contributed by atoms with Crippen LogP contribution in [0.4, 0.5) is 0 Å². The van der Waals surface area contributed by atoms with E-state index in [1.165, 1.54) is 0 Å². The summed E-state index contributed by atoms with van der Waals surface area (Å²) < 4.78 is 8.60. The molecule has 0 fully saturated rings. The number of halogens is 1. The van der Waals surface area contributed by atoms with Crippen LogP contribution in [0.15, 0.2) is 34.9 Å². The molecule has 0 amide bonds. The van der Waals surface area contributed by atoms with Crippen LogP contribution in [-0.2, 0) is 20.1 Å². The second-order valence-corrected chi connectivity index (χ2v) is 5.53. The van der Waals surface area contributed by atoms with Gasteiger partial charge in [-0.2, -0.15) is 5.10 Å². The lowest BCUT2D eigenvalue weighted by Crippen LogP contribution is -2.18. The summed E-state index contributed by atoms with van der Waals surface area (Å²) in [5.74, 6) is 0.852. The zero-order chi connectivity index (χ0) is 13.8. The van der Waals surface area contributed by atoms with Crippen LogP contribution < -0.4 is 10.5 Å². The van der Waals surface area contributed by atoms with Crippen LogP contribution in [0.2, 0.25) is 0 Å². The lowest BCUT2D eigenvalue weighted by atomic mass is 10.1. The molecule has 1 heterocycles. The van der Waals surface area contributed by atoms with Crippen molar-refractivity contribution in [2.75, 3.05) is 0 Å². The lowest BCUT2D eigenvalue weighted by Gasteiger charge is -2.14. The van der Waals surface area contributed by atoms with Crippen molar-refractivity contribution in [3.05, 3.63) is 46.2 Å². The van der Waals surface area contributed by atoms with Gasteiger partial charge in [0.1, 0.15) is 12.4 Å². The molecule has 102 valence electrons. The maximum absolute atomic E-state index is 5.89. The van der Waals surface area contributed by atoms with E-state index < -0.39 is 0 Å². The predicted molar refractivity (Wildman–Crippen MR) is 79.0 cm³/mol. The van der Waals surface area contributed by atoms with Gasteiger partial charge in [-0.05, 0) is 47.0 Å². The highest BCUT2D eigenvalue weighted by molar-refractivity contribution is 9.10. The number of ether oxygens (including phenoxy) is 1. The van der Waals surface area contributed by atoms with E-state index in [2.05, 4.69) is 21.0 Å². The molecule has 2 N–H and O–H groups in total. The van der Waals surface area contributed by atoms with E-state index in [1.54, 1.807) is 4.68 Å². The van der Waals surface area contributed by atoms with E-state index in [9.17, 15) is 0 Å². The first-order valence-electron chi connectivity index (χ1n) is 6.20. The molecule has 2 rings (SSSR count). The Labute approximate surface area is 121 Å². The Morgan fingerprint density at radius 3 is 2.84 bits per heavy atom. The summed E-state index contributed by atoms with van der Waals surface area (Å²) in [6.45, 7) is 2.44. The summed E-state index contributed by atoms with van der Waals surface area (Å²) in [4.78, 5) is 0. The molecule has 0 radical (unpaired) electrons. The quantitative estimate of drug-likeness (QED) is 0.920. The summed E-state index contributed by atoms with van der Waals surface area (Å²) in [6, 6.07) is 8.06. The number of nitrogens with two attached hydrogens (primary N) is 1. The fourth-order valence-corrected chi connectivity index (χ4v) is 2.43. The number of hydrogen-bond donors (Lipinski definition) is 1. The Morgan fingerprint density at radius 1 is 1.42 bits per heavy atom. The van der Waals surface area contributed by atoms with E-state index in [0.717, 1.165) is 27.9 Å². The van der Waals surface area contributed by atoms with Crippen LogP contribution in [0.25, 0.3) is 0 Å². The molecule has 1 aromatic carbocycles. The molecule has 5 heteroatoms. The number of aromatic nitrogens is 2. The van der Waals surface area contributed by atoms with Gasteiger partial charge < -0.3 is 10.5 Å². The molecular formula is C14H18BrN3O. The van der Waals surface area contributed by atoms with Crippen LogP contribution in [0.1, 0.15) is 18.2 Å². The van der Waals surface area contributed by atoms with E-state index in [1.807, 2.05) is 44.4 Å². The third-order valence-electron chi connectivity index (χ3n) is 2.72. The van der Waals surface area contributed by atoms with E-state index in [-0.39, 0.29) is 6.04 Å². The first-order chi connectivity index (χ1) is 9.06. The number of hydrogen-bond acceptors (Lipinski definition) is 3. The highest BCUT2D eigenvalue weighted by atomic mass is 79.9. The first-order valence-corrected chi connectivity index (χ1v) is 7.00. The normalized spacial score (nSPS) is 12.4. The Kier molecular flexibility index (Phi) is 4.61. The Bertz CT molecular complexity index is 551. The zero-order valence-electron chi connectivity index (χ0n) is 11.1. The van der Waals surface area contributed by atoms with Crippen molar-refractivity contribution in [3.63, 3.8) is 0 Å². The van der Waals surface area contributed by atoms with Gasteiger partial charge in [0, 0.05) is 19.3 Å². The zero-order valence-corrected chi connectivity index (χ0v) is 12.7. The van der Waals surface area contributed by atoms with Crippen molar-refractivity contribution in [1.82, 2.24) is 9.78 Å². The van der Waals surface area contributed by atoms with Gasteiger partial charge in [0.2, 0.25) is 0 Å². The molecule has 0 saturated carbocycles. The van der Waals surface area contributed by atoms with Gasteiger partial charge in [-0.3, -0.25) is 4.68 Å². The highest BCUT2D eigenvalue weighted by Gasteiger charge is 2.10. The Balaban J connectivity index is 2.14. The standard InChI is InChI=1S/C14H18BrN3O/c1-10(16)8-11-4-3-5-13(15)14(11)19-9-12-6-7-18(2)17-12/h3-7,10H,8-9,16H2,1-2H3. The second kappa shape index (κ2) is 6.21. The Morgan fingerprint density at radius 2 is 2.21 bits per heavy atom. The van der Waals surface area contributed by atoms with Crippen LogP contribution in [0.3, 0.4) is 0 Å². The molecule has 1 aromatic heterocycles. The van der Waals surface area contributed by atoms with Crippen molar-refractivity contribution in [3.8, 4) is 5.75 Å². The number of nitrogens with zero attached hydrogens (tertiary/aromatic N) is 2. The first kappa shape index (κ1) is 14.1. The number of para-hydroxylation sites is 1. The molecule has 2 aromatic rings. The molecule has 19 heavy (non-hydrogen) atoms. The molecular weight excluding hydrogens is 306 g/mol. The van der Waals surface area contributed by atoms with Crippen molar-refractivity contribution >= 4 is 15.9 Å². The Hall–Kier alpha value is -1.33. The predicted octanol–water partition coefficient (Wildman–Crippen LogP) is 2.65. The average Bonchev–Trinajstić information content (AvgIpc) is 2.73. The fourth-order valence-electron chi connectivity index (χ4n) is 1.91. The minimum absolute atomic E-state index is 0.103. The van der Waals surface area contributed by atoms with Gasteiger partial charge in [0.15, 0.2) is 0 Å². The smallest absolute Gasteiger partial charge is 0.137 e. The largest absolute Gasteiger partial charge is 0.486 e. The van der Waals surface area contributed by atoms with E-state index in [4.69, 9.17) is 10.5 Å². The minimum atomic E-state index is 0.103. The lowest BCUT2D eigenvalue weighted by molar-refractivity contribution is 0.294. The molecule has 0 spiro atoms. The van der Waals surface area contributed by atoms with Gasteiger partial charge in [-0.1, -0.05) is 12.1 Å².